The van der Waals surface area contributed by atoms with Crippen molar-refractivity contribution in [2.75, 3.05) is 36.5 Å². The van der Waals surface area contributed by atoms with E-state index in [1.807, 2.05) is 56.3 Å². The first-order chi connectivity index (χ1) is 15.4. The number of aryl methyl sites for hydroxylation is 2. The van der Waals surface area contributed by atoms with Gasteiger partial charge in [0.15, 0.2) is 6.10 Å². The van der Waals surface area contributed by atoms with Crippen LogP contribution in [0.3, 0.4) is 0 Å². The second-order valence-electron chi connectivity index (χ2n) is 8.01. The van der Waals surface area contributed by atoms with E-state index in [4.69, 9.17) is 9.47 Å². The summed E-state index contributed by atoms with van der Waals surface area (Å²) >= 11 is 0. The number of hydrogen-bond acceptors (Lipinski definition) is 6. The molecule has 0 aliphatic carbocycles. The number of aromatic nitrogens is 1. The van der Waals surface area contributed by atoms with Gasteiger partial charge in [-0.1, -0.05) is 11.6 Å². The summed E-state index contributed by atoms with van der Waals surface area (Å²) in [5.41, 5.74) is 4.59. The number of ether oxygens (including phenoxy) is 2. The van der Waals surface area contributed by atoms with Gasteiger partial charge in [-0.3, -0.25) is 9.78 Å². The second-order valence-corrected chi connectivity index (χ2v) is 8.01. The smallest absolute Gasteiger partial charge is 0.339 e. The summed E-state index contributed by atoms with van der Waals surface area (Å²) in [7, 11) is 0. The van der Waals surface area contributed by atoms with E-state index in [0.29, 0.717) is 35.5 Å². The van der Waals surface area contributed by atoms with E-state index >= 15 is 0 Å². The van der Waals surface area contributed by atoms with E-state index in [-0.39, 0.29) is 5.91 Å². The predicted molar refractivity (Wildman–Crippen MR) is 124 cm³/mol. The molecule has 0 unspecified atom stereocenters. The maximum absolute atomic E-state index is 12.9. The lowest BCUT2D eigenvalue weighted by Crippen LogP contribution is -2.36. The maximum atomic E-state index is 12.9. The van der Waals surface area contributed by atoms with E-state index in [1.165, 1.54) is 0 Å². The first-order valence-corrected chi connectivity index (χ1v) is 10.7. The molecule has 1 aliphatic rings. The first-order valence-electron chi connectivity index (χ1n) is 10.7. The molecule has 0 spiro atoms. The minimum Gasteiger partial charge on any atom is -0.449 e. The predicted octanol–water partition coefficient (Wildman–Crippen LogP) is 3.87. The summed E-state index contributed by atoms with van der Waals surface area (Å²) in [5.74, 6) is -0.930. The quantitative estimate of drug-likeness (QED) is 0.615. The topological polar surface area (TPSA) is 80.8 Å². The molecule has 0 bridgehead atoms. The maximum Gasteiger partial charge on any atom is 0.339 e. The summed E-state index contributed by atoms with van der Waals surface area (Å²) in [4.78, 5) is 32.2. The lowest BCUT2D eigenvalue weighted by molar-refractivity contribution is -0.123. The Labute approximate surface area is 187 Å². The summed E-state index contributed by atoms with van der Waals surface area (Å²) in [5, 5.41) is 3.53. The lowest BCUT2D eigenvalue weighted by atomic mass is 10.1. The van der Waals surface area contributed by atoms with Gasteiger partial charge in [-0.05, 0) is 63.2 Å². The third-order valence-corrected chi connectivity index (χ3v) is 5.48. The zero-order valence-corrected chi connectivity index (χ0v) is 18.6. The number of rotatable bonds is 5. The minimum atomic E-state index is -0.949. The van der Waals surface area contributed by atoms with Gasteiger partial charge in [-0.15, -0.1) is 0 Å². The van der Waals surface area contributed by atoms with Crippen LogP contribution in [0.1, 0.15) is 28.5 Å². The van der Waals surface area contributed by atoms with Gasteiger partial charge >= 0.3 is 5.97 Å². The fourth-order valence-electron chi connectivity index (χ4n) is 3.74. The number of nitrogens with zero attached hydrogens (tertiary/aromatic N) is 2. The molecule has 7 heteroatoms. The van der Waals surface area contributed by atoms with Crippen LogP contribution in [0.5, 0.6) is 0 Å². The van der Waals surface area contributed by atoms with Crippen LogP contribution in [0, 0.1) is 13.8 Å². The van der Waals surface area contributed by atoms with Crippen molar-refractivity contribution in [3.8, 4) is 0 Å². The summed E-state index contributed by atoms with van der Waals surface area (Å²) in [6, 6.07) is 15.0. The Morgan fingerprint density at radius 3 is 2.50 bits per heavy atom. The molecule has 3 aromatic rings. The Bertz CT molecular complexity index is 1140. The van der Waals surface area contributed by atoms with Gasteiger partial charge in [-0.25, -0.2) is 4.79 Å². The molecule has 1 fully saturated rings. The number of morpholine rings is 1. The SMILES string of the molecule is Cc1ccc2nc(C)cc(C(=O)O[C@@H](C)C(=O)Nc3ccc(N4CCOCC4)cc3)c2c1. The van der Waals surface area contributed by atoms with Crippen molar-refractivity contribution in [3.63, 3.8) is 0 Å². The van der Waals surface area contributed by atoms with Crippen LogP contribution in [0.25, 0.3) is 10.9 Å². The Kier molecular flexibility index (Phi) is 6.37. The summed E-state index contributed by atoms with van der Waals surface area (Å²) < 4.78 is 10.9. The molecule has 2 heterocycles. The van der Waals surface area contributed by atoms with Gasteiger partial charge < -0.3 is 19.7 Å². The monoisotopic (exact) mass is 433 g/mol. The highest BCUT2D eigenvalue weighted by Gasteiger charge is 2.21. The van der Waals surface area contributed by atoms with E-state index < -0.39 is 12.1 Å². The molecule has 1 N–H and O–H groups in total. The van der Waals surface area contributed by atoms with Crippen LogP contribution in [0.4, 0.5) is 11.4 Å². The number of anilines is 2. The molecule has 4 rings (SSSR count). The molecular formula is C25H27N3O4. The number of nitrogens with one attached hydrogen (secondary N) is 1. The van der Waals surface area contributed by atoms with Crippen LogP contribution >= 0.6 is 0 Å². The average molecular weight is 434 g/mol. The Hall–Kier alpha value is -3.45. The van der Waals surface area contributed by atoms with Crippen LogP contribution in [0.2, 0.25) is 0 Å². The zero-order chi connectivity index (χ0) is 22.7. The molecule has 1 atom stereocenters. The fraction of sp³-hybridized carbons (Fsp3) is 0.320. The van der Waals surface area contributed by atoms with E-state index in [9.17, 15) is 9.59 Å². The van der Waals surface area contributed by atoms with E-state index in [0.717, 1.165) is 29.9 Å². The van der Waals surface area contributed by atoms with Crippen molar-refractivity contribution in [1.82, 2.24) is 4.98 Å². The van der Waals surface area contributed by atoms with Crippen molar-refractivity contribution in [3.05, 3.63) is 65.4 Å². The number of benzene rings is 2. The molecule has 166 valence electrons. The molecule has 1 saturated heterocycles. The number of carbonyl (C=O) groups excluding carboxylic acids is 2. The van der Waals surface area contributed by atoms with Crippen molar-refractivity contribution >= 4 is 34.2 Å². The van der Waals surface area contributed by atoms with Crippen LogP contribution < -0.4 is 10.2 Å². The normalized spacial score (nSPS) is 14.8. The van der Waals surface area contributed by atoms with Gasteiger partial charge in [0.2, 0.25) is 0 Å². The van der Waals surface area contributed by atoms with E-state index in [2.05, 4.69) is 15.2 Å². The molecule has 32 heavy (non-hydrogen) atoms. The summed E-state index contributed by atoms with van der Waals surface area (Å²) in [6.45, 7) is 8.47. The Morgan fingerprint density at radius 2 is 1.78 bits per heavy atom. The van der Waals surface area contributed by atoms with Crippen molar-refractivity contribution in [2.45, 2.75) is 26.9 Å². The van der Waals surface area contributed by atoms with Gasteiger partial charge in [0, 0.05) is 35.5 Å². The average Bonchev–Trinajstić information content (AvgIpc) is 2.79. The Morgan fingerprint density at radius 1 is 1.06 bits per heavy atom. The molecule has 0 radical (unpaired) electrons. The number of pyridine rings is 1. The molecule has 2 aromatic carbocycles. The third-order valence-electron chi connectivity index (χ3n) is 5.48. The summed E-state index contributed by atoms with van der Waals surface area (Å²) in [6.07, 6.45) is -0.949. The number of carbonyl (C=O) groups is 2. The standard InChI is InChI=1S/C25H27N3O4/c1-16-4-9-23-21(14-16)22(15-17(2)26-23)25(30)32-18(3)24(29)27-19-5-7-20(8-6-19)28-10-12-31-13-11-28/h4-9,14-15,18H,10-13H2,1-3H3,(H,27,29)/t18-/m0/s1. The number of fused-ring (bicyclic) bond motifs is 1. The molecular weight excluding hydrogens is 406 g/mol. The number of esters is 1. The van der Waals surface area contributed by atoms with Gasteiger partial charge in [-0.2, -0.15) is 0 Å². The zero-order valence-electron chi connectivity index (χ0n) is 18.6. The highest BCUT2D eigenvalue weighted by molar-refractivity contribution is 6.05. The third kappa shape index (κ3) is 4.89. The molecule has 1 aliphatic heterocycles. The largest absolute Gasteiger partial charge is 0.449 e. The van der Waals surface area contributed by atoms with Gasteiger partial charge in [0.1, 0.15) is 0 Å². The van der Waals surface area contributed by atoms with Gasteiger partial charge in [0.25, 0.3) is 5.91 Å². The van der Waals surface area contributed by atoms with E-state index in [1.54, 1.807) is 13.0 Å². The van der Waals surface area contributed by atoms with Crippen LogP contribution in [0.15, 0.2) is 48.5 Å². The number of hydrogen-bond donors (Lipinski definition) is 1. The number of amides is 1. The molecule has 1 amide bonds. The molecule has 7 nitrogen and oxygen atoms in total. The fourth-order valence-corrected chi connectivity index (χ4v) is 3.74. The van der Waals surface area contributed by atoms with Crippen molar-refractivity contribution in [1.29, 1.82) is 0 Å². The molecule has 1 aromatic heterocycles. The minimum absolute atomic E-state index is 0.385. The lowest BCUT2D eigenvalue weighted by Gasteiger charge is -2.28. The van der Waals surface area contributed by atoms with Crippen LogP contribution in [-0.2, 0) is 14.3 Å². The Balaban J connectivity index is 1.42. The van der Waals surface area contributed by atoms with Crippen molar-refractivity contribution < 1.29 is 19.1 Å². The first kappa shape index (κ1) is 21.8. The highest BCUT2D eigenvalue weighted by Crippen LogP contribution is 2.22. The van der Waals surface area contributed by atoms with Gasteiger partial charge in [0.05, 0.1) is 24.3 Å². The molecule has 0 saturated carbocycles. The van der Waals surface area contributed by atoms with Crippen molar-refractivity contribution in [2.24, 2.45) is 0 Å². The second kappa shape index (κ2) is 9.36. The van der Waals surface area contributed by atoms with Crippen LogP contribution in [-0.4, -0.2) is 49.3 Å². The highest BCUT2D eigenvalue weighted by atomic mass is 16.5.